The number of amides is 1. The Morgan fingerprint density at radius 3 is 2.71 bits per heavy atom. The zero-order chi connectivity index (χ0) is 21.8. The SMILES string of the molecule is CON(C)C(=O)C12CC1CC(c1ccc(CN(CCO)CCc3ccccc3)cn1)S2. The van der Waals surface area contributed by atoms with Gasteiger partial charge in [0.1, 0.15) is 4.75 Å². The van der Waals surface area contributed by atoms with Crippen LogP contribution in [0.2, 0.25) is 0 Å². The molecule has 6 nitrogen and oxygen atoms in total. The highest BCUT2D eigenvalue weighted by Gasteiger charge is 2.67. The van der Waals surface area contributed by atoms with Gasteiger partial charge in [0, 0.05) is 38.1 Å². The molecule has 1 aromatic heterocycles. The third kappa shape index (κ3) is 4.95. The van der Waals surface area contributed by atoms with E-state index in [4.69, 9.17) is 9.82 Å². The van der Waals surface area contributed by atoms with Crippen molar-refractivity contribution in [1.29, 1.82) is 0 Å². The first kappa shape index (κ1) is 22.3. The van der Waals surface area contributed by atoms with Gasteiger partial charge in [0.05, 0.1) is 19.4 Å². The maximum Gasteiger partial charge on any atom is 0.262 e. The molecule has 3 atom stereocenters. The topological polar surface area (TPSA) is 65.9 Å². The first-order chi connectivity index (χ1) is 15.1. The molecule has 166 valence electrons. The monoisotopic (exact) mass is 441 g/mol. The lowest BCUT2D eigenvalue weighted by atomic mass is 10.1. The summed E-state index contributed by atoms with van der Waals surface area (Å²) in [6.45, 7) is 2.45. The lowest BCUT2D eigenvalue weighted by Crippen LogP contribution is -2.35. The minimum atomic E-state index is -0.314. The van der Waals surface area contributed by atoms with Gasteiger partial charge in [0.15, 0.2) is 0 Å². The summed E-state index contributed by atoms with van der Waals surface area (Å²) in [5, 5.41) is 11.1. The van der Waals surface area contributed by atoms with Crippen LogP contribution in [0.25, 0.3) is 0 Å². The smallest absolute Gasteiger partial charge is 0.262 e. The van der Waals surface area contributed by atoms with E-state index in [1.54, 1.807) is 18.8 Å². The van der Waals surface area contributed by atoms with E-state index >= 15 is 0 Å². The van der Waals surface area contributed by atoms with E-state index in [-0.39, 0.29) is 22.5 Å². The summed E-state index contributed by atoms with van der Waals surface area (Å²) >= 11 is 1.75. The number of benzene rings is 1. The fourth-order valence-corrected chi connectivity index (χ4v) is 6.36. The molecule has 1 saturated carbocycles. The molecule has 2 fully saturated rings. The van der Waals surface area contributed by atoms with Crippen LogP contribution in [0.15, 0.2) is 48.7 Å². The van der Waals surface area contributed by atoms with Gasteiger partial charge in [-0.1, -0.05) is 36.4 Å². The Labute approximate surface area is 188 Å². The van der Waals surface area contributed by atoms with Gasteiger partial charge in [0.2, 0.25) is 0 Å². The van der Waals surface area contributed by atoms with Crippen molar-refractivity contribution in [3.05, 3.63) is 65.5 Å². The average molecular weight is 442 g/mol. The van der Waals surface area contributed by atoms with Gasteiger partial charge in [-0.25, -0.2) is 5.06 Å². The molecule has 2 aliphatic rings. The van der Waals surface area contributed by atoms with Crippen LogP contribution < -0.4 is 0 Å². The van der Waals surface area contributed by atoms with Crippen LogP contribution in [0.5, 0.6) is 0 Å². The summed E-state index contributed by atoms with van der Waals surface area (Å²) < 4.78 is -0.314. The third-order valence-corrected chi connectivity index (χ3v) is 8.20. The van der Waals surface area contributed by atoms with Gasteiger partial charge in [-0.3, -0.25) is 19.5 Å². The van der Waals surface area contributed by atoms with E-state index in [1.165, 1.54) is 17.7 Å². The van der Waals surface area contributed by atoms with Crippen molar-refractivity contribution in [3.63, 3.8) is 0 Å². The zero-order valence-corrected chi connectivity index (χ0v) is 19.1. The number of thioether (sulfide) groups is 1. The molecule has 2 aromatic rings. The van der Waals surface area contributed by atoms with Crippen molar-refractivity contribution in [2.45, 2.75) is 35.8 Å². The number of pyridine rings is 1. The van der Waals surface area contributed by atoms with Crippen molar-refractivity contribution in [3.8, 4) is 0 Å². The Morgan fingerprint density at radius 1 is 1.23 bits per heavy atom. The molecular weight excluding hydrogens is 410 g/mol. The summed E-state index contributed by atoms with van der Waals surface area (Å²) in [7, 11) is 3.21. The largest absolute Gasteiger partial charge is 0.395 e. The number of nitrogens with zero attached hydrogens (tertiary/aromatic N) is 3. The second-order valence-electron chi connectivity index (χ2n) is 8.44. The molecule has 7 heteroatoms. The van der Waals surface area contributed by atoms with Crippen LogP contribution >= 0.6 is 11.8 Å². The van der Waals surface area contributed by atoms with Gasteiger partial charge in [-0.2, -0.15) is 0 Å². The zero-order valence-electron chi connectivity index (χ0n) is 18.2. The average Bonchev–Trinajstić information content (AvgIpc) is 3.38. The molecule has 1 amide bonds. The van der Waals surface area contributed by atoms with Crippen molar-refractivity contribution >= 4 is 17.7 Å². The predicted octanol–water partition coefficient (Wildman–Crippen LogP) is 3.08. The van der Waals surface area contributed by atoms with Crippen LogP contribution in [0.3, 0.4) is 0 Å². The van der Waals surface area contributed by atoms with Crippen LogP contribution in [-0.2, 0) is 22.6 Å². The molecule has 2 heterocycles. The van der Waals surface area contributed by atoms with E-state index in [0.29, 0.717) is 12.5 Å². The fourth-order valence-electron chi connectivity index (χ4n) is 4.45. The molecular formula is C24H31N3O3S. The summed E-state index contributed by atoms with van der Waals surface area (Å²) in [6, 6.07) is 14.7. The number of aliphatic hydroxyl groups excluding tert-OH is 1. The molecule has 1 N–H and O–H groups in total. The predicted molar refractivity (Wildman–Crippen MR) is 122 cm³/mol. The molecule has 1 aliphatic carbocycles. The second kappa shape index (κ2) is 9.69. The Balaban J connectivity index is 1.34. The van der Waals surface area contributed by atoms with E-state index in [1.807, 2.05) is 12.3 Å². The number of carbonyl (C=O) groups is 1. The Morgan fingerprint density at radius 2 is 2.03 bits per heavy atom. The molecule has 1 aliphatic heterocycles. The highest BCUT2D eigenvalue weighted by molar-refractivity contribution is 8.02. The van der Waals surface area contributed by atoms with Crippen molar-refractivity contribution in [2.75, 3.05) is 33.9 Å². The number of rotatable bonds is 10. The number of hydrogen-bond donors (Lipinski definition) is 1. The maximum atomic E-state index is 12.7. The summed E-state index contributed by atoms with van der Waals surface area (Å²) in [4.78, 5) is 24.8. The first-order valence-electron chi connectivity index (χ1n) is 10.9. The quantitative estimate of drug-likeness (QED) is 0.572. The number of aromatic nitrogens is 1. The minimum Gasteiger partial charge on any atom is -0.395 e. The molecule has 0 bridgehead atoms. The van der Waals surface area contributed by atoms with Gasteiger partial charge < -0.3 is 5.11 Å². The molecule has 3 unspecified atom stereocenters. The van der Waals surface area contributed by atoms with Gasteiger partial charge in [-0.05, 0) is 42.4 Å². The summed E-state index contributed by atoms with van der Waals surface area (Å²) in [5.74, 6) is 0.495. The fraction of sp³-hybridized carbons (Fsp3) is 0.500. The molecule has 1 saturated heterocycles. The Hall–Kier alpha value is -1.93. The highest BCUT2D eigenvalue weighted by Crippen LogP contribution is 2.69. The van der Waals surface area contributed by atoms with Crippen LogP contribution in [0, 0.1) is 5.92 Å². The molecule has 1 aromatic carbocycles. The lowest BCUT2D eigenvalue weighted by molar-refractivity contribution is -0.169. The molecule has 4 rings (SSSR count). The summed E-state index contributed by atoms with van der Waals surface area (Å²) in [5.41, 5.74) is 3.49. The first-order valence-corrected chi connectivity index (χ1v) is 11.8. The standard InChI is InChI=1S/C24H31N3O3S/c1-26(30-2)23(29)24-15-20(24)14-22(31-24)21-9-8-19(16-25-21)17-27(12-13-28)11-10-18-6-4-3-5-7-18/h3-9,16,20,22,28H,10-15,17H2,1-2H3. The maximum absolute atomic E-state index is 12.7. The van der Waals surface area contributed by atoms with Crippen molar-refractivity contribution < 1.29 is 14.7 Å². The van der Waals surface area contributed by atoms with Crippen molar-refractivity contribution in [2.24, 2.45) is 5.92 Å². The van der Waals surface area contributed by atoms with Crippen LogP contribution in [-0.4, -0.2) is 64.6 Å². The molecule has 0 spiro atoms. The van der Waals surface area contributed by atoms with Gasteiger partial charge in [-0.15, -0.1) is 11.8 Å². The summed E-state index contributed by atoms with van der Waals surface area (Å²) in [6.07, 6.45) is 4.84. The van der Waals surface area contributed by atoms with E-state index < -0.39 is 0 Å². The number of fused-ring (bicyclic) bond motifs is 1. The minimum absolute atomic E-state index is 0.0715. The third-order valence-electron chi connectivity index (χ3n) is 6.38. The molecule has 0 radical (unpaired) electrons. The Bertz CT molecular complexity index is 879. The second-order valence-corrected chi connectivity index (χ2v) is 9.98. The highest BCUT2D eigenvalue weighted by atomic mass is 32.2. The number of aliphatic hydroxyl groups is 1. The number of hydroxylamine groups is 2. The Kier molecular flexibility index (Phi) is 6.96. The van der Waals surface area contributed by atoms with Crippen molar-refractivity contribution in [1.82, 2.24) is 14.9 Å². The van der Waals surface area contributed by atoms with Crippen LogP contribution in [0.4, 0.5) is 0 Å². The van der Waals surface area contributed by atoms with E-state index in [0.717, 1.165) is 43.6 Å². The molecule has 31 heavy (non-hydrogen) atoms. The van der Waals surface area contributed by atoms with E-state index in [2.05, 4.69) is 41.3 Å². The van der Waals surface area contributed by atoms with Crippen LogP contribution in [0.1, 0.15) is 34.9 Å². The van der Waals surface area contributed by atoms with E-state index in [9.17, 15) is 9.90 Å². The van der Waals surface area contributed by atoms with Gasteiger partial charge >= 0.3 is 0 Å². The number of hydrogen-bond acceptors (Lipinski definition) is 6. The normalized spacial score (nSPS) is 24.3. The van der Waals surface area contributed by atoms with Gasteiger partial charge in [0.25, 0.3) is 5.91 Å². The lowest BCUT2D eigenvalue weighted by Gasteiger charge is -2.22. The number of carbonyl (C=O) groups excluding carboxylic acids is 1.